The predicted octanol–water partition coefficient (Wildman–Crippen LogP) is 2.92. The number of hydrogen-bond donors (Lipinski definition) is 0. The normalized spacial score (nSPS) is 11.4. The van der Waals surface area contributed by atoms with Crippen molar-refractivity contribution in [2.24, 2.45) is 0 Å². The summed E-state index contributed by atoms with van der Waals surface area (Å²) < 4.78 is 66.5. The number of pyridine rings is 1. The second kappa shape index (κ2) is 4.53. The molecule has 0 saturated heterocycles. The minimum Gasteiger partial charge on any atom is -0.481 e. The van der Waals surface area contributed by atoms with Gasteiger partial charge in [0.05, 0.1) is 18.2 Å². The Morgan fingerprint density at radius 1 is 1.41 bits per heavy atom. The van der Waals surface area contributed by atoms with Gasteiger partial charge >= 0.3 is 6.18 Å². The van der Waals surface area contributed by atoms with E-state index in [1.165, 1.54) is 6.07 Å². The van der Waals surface area contributed by atoms with Crippen LogP contribution in [0.25, 0.3) is 0 Å². The van der Waals surface area contributed by atoms with Crippen LogP contribution in [0.4, 0.5) is 22.0 Å². The Labute approximate surface area is 92.4 Å². The molecule has 1 aromatic heterocycles. The highest BCUT2D eigenvalue weighted by molar-refractivity contribution is 5.43. The Bertz CT molecular complexity index is 464. The van der Waals surface area contributed by atoms with Gasteiger partial charge in [-0.3, -0.25) is 0 Å². The monoisotopic (exact) mass is 252 g/mol. The first kappa shape index (κ1) is 13.2. The lowest BCUT2D eigenvalue weighted by molar-refractivity contribution is -0.141. The van der Waals surface area contributed by atoms with Crippen molar-refractivity contribution < 1.29 is 26.7 Å². The number of nitriles is 1. The van der Waals surface area contributed by atoms with E-state index in [1.54, 1.807) is 0 Å². The molecular formula is C9H5F5N2O. The van der Waals surface area contributed by atoms with Gasteiger partial charge in [0.2, 0.25) is 5.88 Å². The molecule has 0 radical (unpaired) electrons. The van der Waals surface area contributed by atoms with E-state index in [0.29, 0.717) is 6.07 Å². The van der Waals surface area contributed by atoms with Crippen LogP contribution in [0.3, 0.4) is 0 Å². The van der Waals surface area contributed by atoms with E-state index in [2.05, 4.69) is 9.72 Å². The third-order valence-electron chi connectivity index (χ3n) is 1.83. The first-order chi connectivity index (χ1) is 7.81. The van der Waals surface area contributed by atoms with Gasteiger partial charge in [0.15, 0.2) is 5.69 Å². The van der Waals surface area contributed by atoms with E-state index in [4.69, 9.17) is 5.26 Å². The minimum atomic E-state index is -4.90. The highest BCUT2D eigenvalue weighted by Crippen LogP contribution is 2.35. The molecule has 0 aliphatic heterocycles. The number of halogens is 5. The topological polar surface area (TPSA) is 45.9 Å². The van der Waals surface area contributed by atoms with Gasteiger partial charge < -0.3 is 4.74 Å². The number of methoxy groups -OCH3 is 1. The molecule has 1 aromatic rings. The van der Waals surface area contributed by atoms with Crippen molar-refractivity contribution in [3.05, 3.63) is 22.9 Å². The fourth-order valence-corrected chi connectivity index (χ4v) is 1.13. The average Bonchev–Trinajstić information content (AvgIpc) is 2.25. The van der Waals surface area contributed by atoms with Crippen molar-refractivity contribution in [3.63, 3.8) is 0 Å². The zero-order valence-corrected chi connectivity index (χ0v) is 8.35. The molecule has 1 heterocycles. The quantitative estimate of drug-likeness (QED) is 0.760. The van der Waals surface area contributed by atoms with Gasteiger partial charge in [-0.2, -0.15) is 18.4 Å². The molecule has 1 rings (SSSR count). The van der Waals surface area contributed by atoms with Crippen LogP contribution in [0.1, 0.15) is 23.2 Å². The molecule has 8 heteroatoms. The molecule has 3 nitrogen and oxygen atoms in total. The maximum Gasteiger partial charge on any atom is 0.434 e. The third kappa shape index (κ3) is 2.61. The van der Waals surface area contributed by atoms with E-state index in [1.807, 2.05) is 0 Å². The minimum absolute atomic E-state index is 0.430. The Morgan fingerprint density at radius 2 is 2.00 bits per heavy atom. The van der Waals surface area contributed by atoms with Crippen molar-refractivity contribution in [2.45, 2.75) is 12.6 Å². The number of hydrogen-bond acceptors (Lipinski definition) is 3. The summed E-state index contributed by atoms with van der Waals surface area (Å²) in [7, 11) is 0.917. The second-order valence-corrected chi connectivity index (χ2v) is 2.89. The molecule has 0 amide bonds. The molecule has 0 aliphatic carbocycles. The summed E-state index contributed by atoms with van der Waals surface area (Å²) in [5.74, 6) is -0.841. The maximum atomic E-state index is 12.4. The Balaban J connectivity index is 3.51. The van der Waals surface area contributed by atoms with Crippen LogP contribution in [-0.2, 0) is 6.18 Å². The fraction of sp³-hybridized carbons (Fsp3) is 0.333. The Hall–Kier alpha value is -1.91. The highest BCUT2D eigenvalue weighted by atomic mass is 19.4. The van der Waals surface area contributed by atoms with Crippen molar-refractivity contribution in [1.82, 2.24) is 4.98 Å². The summed E-state index contributed by atoms with van der Waals surface area (Å²) in [4.78, 5) is 2.90. The van der Waals surface area contributed by atoms with Crippen molar-refractivity contribution in [1.29, 1.82) is 5.26 Å². The van der Waals surface area contributed by atoms with Crippen molar-refractivity contribution >= 4 is 0 Å². The van der Waals surface area contributed by atoms with E-state index in [-0.39, 0.29) is 0 Å². The summed E-state index contributed by atoms with van der Waals surface area (Å²) in [6, 6.07) is 1.61. The number of rotatable bonds is 2. The zero-order chi connectivity index (χ0) is 13.2. The number of alkyl halides is 5. The second-order valence-electron chi connectivity index (χ2n) is 2.89. The van der Waals surface area contributed by atoms with Gasteiger partial charge in [0, 0.05) is 0 Å². The maximum absolute atomic E-state index is 12.4. The van der Waals surface area contributed by atoms with Crippen LogP contribution < -0.4 is 4.74 Å². The van der Waals surface area contributed by atoms with Crippen LogP contribution in [0, 0.1) is 11.3 Å². The average molecular weight is 252 g/mol. The summed E-state index contributed by atoms with van der Waals surface area (Å²) in [6.07, 6.45) is -7.98. The molecule has 0 fully saturated rings. The highest BCUT2D eigenvalue weighted by Gasteiger charge is 2.37. The van der Waals surface area contributed by atoms with Gasteiger partial charge in [-0.1, -0.05) is 0 Å². The molecular weight excluding hydrogens is 247 g/mol. The van der Waals surface area contributed by atoms with Gasteiger partial charge in [0.25, 0.3) is 6.43 Å². The number of ether oxygens (including phenoxy) is 1. The lowest BCUT2D eigenvalue weighted by Crippen LogP contribution is -2.13. The molecule has 0 unspecified atom stereocenters. The molecule has 0 atom stereocenters. The van der Waals surface area contributed by atoms with Crippen molar-refractivity contribution in [3.8, 4) is 11.9 Å². The largest absolute Gasteiger partial charge is 0.481 e. The third-order valence-corrected chi connectivity index (χ3v) is 1.83. The van der Waals surface area contributed by atoms with E-state index in [0.717, 1.165) is 7.11 Å². The fourth-order valence-electron chi connectivity index (χ4n) is 1.13. The summed E-state index contributed by atoms with van der Waals surface area (Å²) >= 11 is 0. The Morgan fingerprint density at radius 3 is 2.35 bits per heavy atom. The number of aromatic nitrogens is 1. The molecule has 0 aliphatic rings. The Kier molecular flexibility index (Phi) is 3.50. The molecule has 0 N–H and O–H groups in total. The lowest BCUT2D eigenvalue weighted by atomic mass is 10.1. The molecule has 17 heavy (non-hydrogen) atoms. The van der Waals surface area contributed by atoms with E-state index < -0.39 is 35.3 Å². The molecule has 92 valence electrons. The van der Waals surface area contributed by atoms with Crippen LogP contribution in [-0.4, -0.2) is 12.1 Å². The van der Waals surface area contributed by atoms with E-state index in [9.17, 15) is 22.0 Å². The van der Waals surface area contributed by atoms with Crippen LogP contribution >= 0.6 is 0 Å². The predicted molar refractivity (Wildman–Crippen MR) is 45.5 cm³/mol. The summed E-state index contributed by atoms with van der Waals surface area (Å²) in [5, 5.41) is 8.48. The summed E-state index contributed by atoms with van der Waals surface area (Å²) in [5.41, 5.74) is -3.35. The standard InChI is InChI=1S/C9H5F5N2O/c1-17-8-5(7(10)11)2-4(3-15)6(16-8)9(12,13)14/h2,7H,1H3. The molecule has 0 saturated carbocycles. The molecule has 0 aromatic carbocycles. The summed E-state index contributed by atoms with van der Waals surface area (Å²) in [6.45, 7) is 0. The lowest BCUT2D eigenvalue weighted by Gasteiger charge is -2.12. The molecule has 0 spiro atoms. The SMILES string of the molecule is COc1nc(C(F)(F)F)c(C#N)cc1C(F)F. The first-order valence-electron chi connectivity index (χ1n) is 4.15. The van der Waals surface area contributed by atoms with Gasteiger partial charge in [-0.25, -0.2) is 13.8 Å². The van der Waals surface area contributed by atoms with Gasteiger partial charge in [-0.15, -0.1) is 0 Å². The van der Waals surface area contributed by atoms with Gasteiger partial charge in [0.1, 0.15) is 6.07 Å². The van der Waals surface area contributed by atoms with Crippen LogP contribution in [0.15, 0.2) is 6.07 Å². The van der Waals surface area contributed by atoms with E-state index >= 15 is 0 Å². The van der Waals surface area contributed by atoms with Crippen LogP contribution in [0.5, 0.6) is 5.88 Å². The van der Waals surface area contributed by atoms with Crippen LogP contribution in [0.2, 0.25) is 0 Å². The number of nitrogens with zero attached hydrogens (tertiary/aromatic N) is 2. The molecule has 0 bridgehead atoms. The van der Waals surface area contributed by atoms with Crippen molar-refractivity contribution in [2.75, 3.05) is 7.11 Å². The smallest absolute Gasteiger partial charge is 0.434 e. The van der Waals surface area contributed by atoms with Gasteiger partial charge in [-0.05, 0) is 6.07 Å². The first-order valence-corrected chi connectivity index (χ1v) is 4.15. The zero-order valence-electron chi connectivity index (χ0n) is 8.35.